The fourth-order valence-electron chi connectivity index (χ4n) is 3.17. The van der Waals surface area contributed by atoms with Gasteiger partial charge in [0.15, 0.2) is 0 Å². The summed E-state index contributed by atoms with van der Waals surface area (Å²) in [5, 5.41) is 4.65. The van der Waals surface area contributed by atoms with Gasteiger partial charge in [-0.3, -0.25) is 9.88 Å². The van der Waals surface area contributed by atoms with Crippen LogP contribution in [-0.2, 0) is 6.54 Å². The molecule has 1 atom stereocenters. The van der Waals surface area contributed by atoms with Crippen molar-refractivity contribution in [1.29, 1.82) is 0 Å². The highest BCUT2D eigenvalue weighted by atomic mass is 32.1. The number of piperazine rings is 1. The molecule has 1 fully saturated rings. The second-order valence-electron chi connectivity index (χ2n) is 5.91. The first-order valence-electron chi connectivity index (χ1n) is 8.11. The molecule has 0 radical (unpaired) electrons. The Morgan fingerprint density at radius 1 is 1.29 bits per heavy atom. The van der Waals surface area contributed by atoms with Crippen molar-refractivity contribution in [3.8, 4) is 5.75 Å². The lowest BCUT2D eigenvalue weighted by molar-refractivity contribution is 0.153. The van der Waals surface area contributed by atoms with Gasteiger partial charge in [-0.05, 0) is 35.9 Å². The molecule has 1 aromatic carbocycles. The highest BCUT2D eigenvalue weighted by molar-refractivity contribution is 7.18. The summed E-state index contributed by atoms with van der Waals surface area (Å²) >= 11 is 1.75. The minimum absolute atomic E-state index is 0.364. The van der Waals surface area contributed by atoms with Gasteiger partial charge in [0.25, 0.3) is 0 Å². The van der Waals surface area contributed by atoms with Crippen molar-refractivity contribution in [2.75, 3.05) is 26.7 Å². The van der Waals surface area contributed by atoms with Crippen molar-refractivity contribution in [1.82, 2.24) is 20.2 Å². The van der Waals surface area contributed by atoms with Crippen LogP contribution in [0.4, 0.5) is 0 Å². The third kappa shape index (κ3) is 3.13. The summed E-state index contributed by atoms with van der Waals surface area (Å²) in [5.41, 5.74) is 2.35. The number of pyridine rings is 1. The number of thiazole rings is 1. The fraction of sp³-hybridized carbons (Fsp3) is 0.333. The van der Waals surface area contributed by atoms with Crippen LogP contribution in [0, 0.1) is 0 Å². The highest BCUT2D eigenvalue weighted by Crippen LogP contribution is 2.29. The van der Waals surface area contributed by atoms with Gasteiger partial charge < -0.3 is 10.1 Å². The van der Waals surface area contributed by atoms with E-state index >= 15 is 0 Å². The lowest BCUT2D eigenvalue weighted by Crippen LogP contribution is -2.45. The Morgan fingerprint density at radius 2 is 2.17 bits per heavy atom. The molecule has 4 rings (SSSR count). The maximum absolute atomic E-state index is 5.31. The number of fused-ring (bicyclic) bond motifs is 1. The summed E-state index contributed by atoms with van der Waals surface area (Å²) in [6.45, 7) is 3.87. The van der Waals surface area contributed by atoms with Crippen molar-refractivity contribution in [2.45, 2.75) is 12.6 Å². The molecule has 0 saturated carbocycles. The molecule has 1 aliphatic heterocycles. The lowest BCUT2D eigenvalue weighted by Gasteiger charge is -2.35. The molecular weight excluding hydrogens is 320 g/mol. The molecule has 1 saturated heterocycles. The first-order chi connectivity index (χ1) is 11.8. The van der Waals surface area contributed by atoms with E-state index in [1.54, 1.807) is 18.4 Å². The Labute approximate surface area is 145 Å². The Balaban J connectivity index is 1.58. The van der Waals surface area contributed by atoms with E-state index in [9.17, 15) is 0 Å². The molecule has 2 aromatic heterocycles. The molecule has 0 amide bonds. The van der Waals surface area contributed by atoms with E-state index in [1.165, 1.54) is 10.3 Å². The van der Waals surface area contributed by atoms with Gasteiger partial charge in [-0.1, -0.05) is 0 Å². The van der Waals surface area contributed by atoms with Crippen LogP contribution in [-0.4, -0.2) is 41.6 Å². The topological polar surface area (TPSA) is 50.3 Å². The predicted molar refractivity (Wildman–Crippen MR) is 96.4 cm³/mol. The molecule has 124 valence electrons. The average Bonchev–Trinajstić information content (AvgIpc) is 3.04. The van der Waals surface area contributed by atoms with Crippen molar-refractivity contribution in [3.63, 3.8) is 0 Å². The van der Waals surface area contributed by atoms with Gasteiger partial charge in [-0.25, -0.2) is 4.98 Å². The molecule has 0 spiro atoms. The van der Waals surface area contributed by atoms with Crippen LogP contribution in [0.3, 0.4) is 0 Å². The number of hydrogen-bond donors (Lipinski definition) is 1. The van der Waals surface area contributed by atoms with Gasteiger partial charge in [0.05, 0.1) is 23.9 Å². The largest absolute Gasteiger partial charge is 0.497 e. The standard InChI is InChI=1S/C18H20N4OS/c1-23-14-2-3-15-17(10-14)24-18(21-15)12-22-9-8-20-11-16(22)13-4-6-19-7-5-13/h2-7,10,16,20H,8-9,11-12H2,1H3. The molecule has 1 N–H and O–H groups in total. The van der Waals surface area contributed by atoms with E-state index < -0.39 is 0 Å². The Bertz CT molecular complexity index is 820. The molecule has 1 unspecified atom stereocenters. The van der Waals surface area contributed by atoms with Crippen molar-refractivity contribution >= 4 is 21.6 Å². The third-order valence-corrected chi connectivity index (χ3v) is 5.43. The maximum Gasteiger partial charge on any atom is 0.120 e. The van der Waals surface area contributed by atoms with E-state index in [0.717, 1.165) is 42.5 Å². The molecule has 24 heavy (non-hydrogen) atoms. The van der Waals surface area contributed by atoms with Gasteiger partial charge in [0.1, 0.15) is 10.8 Å². The summed E-state index contributed by atoms with van der Waals surface area (Å²) in [6, 6.07) is 10.6. The van der Waals surface area contributed by atoms with E-state index in [2.05, 4.69) is 33.4 Å². The Kier molecular flexibility index (Phi) is 4.42. The fourth-order valence-corrected chi connectivity index (χ4v) is 4.19. The van der Waals surface area contributed by atoms with E-state index in [1.807, 2.05) is 24.5 Å². The third-order valence-electron chi connectivity index (χ3n) is 4.42. The number of hydrogen-bond acceptors (Lipinski definition) is 6. The molecule has 3 heterocycles. The second-order valence-corrected chi connectivity index (χ2v) is 7.03. The molecule has 1 aliphatic rings. The lowest BCUT2D eigenvalue weighted by atomic mass is 10.0. The summed E-state index contributed by atoms with van der Waals surface area (Å²) < 4.78 is 6.49. The molecule has 5 nitrogen and oxygen atoms in total. The highest BCUT2D eigenvalue weighted by Gasteiger charge is 2.24. The second kappa shape index (κ2) is 6.84. The number of aromatic nitrogens is 2. The maximum atomic E-state index is 5.31. The van der Waals surface area contributed by atoms with Crippen LogP contribution in [0.5, 0.6) is 5.75 Å². The van der Waals surface area contributed by atoms with Gasteiger partial charge >= 0.3 is 0 Å². The van der Waals surface area contributed by atoms with Gasteiger partial charge in [0.2, 0.25) is 0 Å². The monoisotopic (exact) mass is 340 g/mol. The predicted octanol–water partition coefficient (Wildman–Crippen LogP) is 2.85. The average molecular weight is 340 g/mol. The molecule has 6 heteroatoms. The molecule has 0 aliphatic carbocycles. The number of rotatable bonds is 4. The molecule has 3 aromatic rings. The van der Waals surface area contributed by atoms with E-state index in [-0.39, 0.29) is 0 Å². The summed E-state index contributed by atoms with van der Waals surface area (Å²) in [7, 11) is 1.70. The quantitative estimate of drug-likeness (QED) is 0.791. The zero-order valence-electron chi connectivity index (χ0n) is 13.6. The first kappa shape index (κ1) is 15.5. The zero-order chi connectivity index (χ0) is 16.4. The van der Waals surface area contributed by atoms with Crippen LogP contribution in [0.1, 0.15) is 16.6 Å². The van der Waals surface area contributed by atoms with Crippen molar-refractivity contribution in [2.24, 2.45) is 0 Å². The summed E-state index contributed by atoms with van der Waals surface area (Å²) in [6.07, 6.45) is 3.73. The van der Waals surface area contributed by atoms with Crippen LogP contribution in [0.2, 0.25) is 0 Å². The van der Waals surface area contributed by atoms with Crippen LogP contribution < -0.4 is 10.1 Å². The van der Waals surface area contributed by atoms with Gasteiger partial charge in [0, 0.05) is 38.1 Å². The van der Waals surface area contributed by atoms with Crippen LogP contribution in [0.15, 0.2) is 42.7 Å². The Hall–Kier alpha value is -2.02. The molecule has 0 bridgehead atoms. The van der Waals surface area contributed by atoms with E-state index in [4.69, 9.17) is 9.72 Å². The minimum atomic E-state index is 0.364. The van der Waals surface area contributed by atoms with Crippen molar-refractivity contribution in [3.05, 3.63) is 53.3 Å². The molecular formula is C18H20N4OS. The number of methoxy groups -OCH3 is 1. The number of nitrogens with zero attached hydrogens (tertiary/aromatic N) is 3. The van der Waals surface area contributed by atoms with Crippen LogP contribution in [0.25, 0.3) is 10.2 Å². The van der Waals surface area contributed by atoms with Crippen LogP contribution >= 0.6 is 11.3 Å². The van der Waals surface area contributed by atoms with Crippen molar-refractivity contribution < 1.29 is 4.74 Å². The number of ether oxygens (including phenoxy) is 1. The first-order valence-corrected chi connectivity index (χ1v) is 8.93. The normalized spacial score (nSPS) is 18.8. The summed E-state index contributed by atoms with van der Waals surface area (Å²) in [4.78, 5) is 11.4. The number of nitrogens with one attached hydrogen (secondary N) is 1. The smallest absolute Gasteiger partial charge is 0.120 e. The van der Waals surface area contributed by atoms with Gasteiger partial charge in [-0.15, -0.1) is 11.3 Å². The van der Waals surface area contributed by atoms with E-state index in [0.29, 0.717) is 6.04 Å². The SMILES string of the molecule is COc1ccc2nc(CN3CCNCC3c3ccncc3)sc2c1. The summed E-state index contributed by atoms with van der Waals surface area (Å²) in [5.74, 6) is 0.884. The minimum Gasteiger partial charge on any atom is -0.497 e. The number of benzene rings is 1. The zero-order valence-corrected chi connectivity index (χ0v) is 14.4. The Morgan fingerprint density at radius 3 is 3.00 bits per heavy atom. The van der Waals surface area contributed by atoms with Gasteiger partial charge in [-0.2, -0.15) is 0 Å².